The Kier molecular flexibility index (Phi) is 3.82. The van der Waals surface area contributed by atoms with E-state index in [0.717, 1.165) is 10.3 Å². The molecule has 108 valence electrons. The Morgan fingerprint density at radius 3 is 3.00 bits per heavy atom. The maximum atomic E-state index is 11.3. The number of rotatable bonds is 5. The third kappa shape index (κ3) is 2.73. The highest BCUT2D eigenvalue weighted by Crippen LogP contribution is 2.34. The van der Waals surface area contributed by atoms with Crippen LogP contribution in [0.1, 0.15) is 11.7 Å². The largest absolute Gasteiger partial charge is 0.387 e. The van der Waals surface area contributed by atoms with Crippen LogP contribution in [0.4, 0.5) is 11.4 Å². The molecule has 0 aliphatic carbocycles. The van der Waals surface area contributed by atoms with Gasteiger partial charge in [-0.1, -0.05) is 0 Å². The van der Waals surface area contributed by atoms with Gasteiger partial charge in [0.05, 0.1) is 21.2 Å². The smallest absolute Gasteiger partial charge is 0.319 e. The number of nitrogens with one attached hydrogen (secondary N) is 1. The van der Waals surface area contributed by atoms with E-state index in [4.69, 9.17) is 0 Å². The van der Waals surface area contributed by atoms with Crippen molar-refractivity contribution in [2.24, 2.45) is 0 Å². The fourth-order valence-electron chi connectivity index (χ4n) is 2.03. The molecular formula is C13H11N3O3S2. The molecular weight excluding hydrogens is 310 g/mol. The summed E-state index contributed by atoms with van der Waals surface area (Å²) >= 11 is 2.85. The van der Waals surface area contributed by atoms with E-state index in [1.807, 2.05) is 16.8 Å². The zero-order valence-corrected chi connectivity index (χ0v) is 12.4. The van der Waals surface area contributed by atoms with Crippen molar-refractivity contribution in [2.75, 3.05) is 11.9 Å². The Bertz CT molecular complexity index is 770. The number of nitro benzene ring substituents is 1. The van der Waals surface area contributed by atoms with E-state index < -0.39 is 11.0 Å². The molecule has 0 fully saturated rings. The molecule has 0 aliphatic rings. The van der Waals surface area contributed by atoms with Crippen molar-refractivity contribution in [1.82, 2.24) is 4.98 Å². The second kappa shape index (κ2) is 5.76. The molecule has 21 heavy (non-hydrogen) atoms. The van der Waals surface area contributed by atoms with Gasteiger partial charge in [-0.15, -0.1) is 11.3 Å². The molecule has 8 heteroatoms. The highest BCUT2D eigenvalue weighted by atomic mass is 32.1. The maximum Gasteiger partial charge on any atom is 0.319 e. The van der Waals surface area contributed by atoms with Crippen molar-refractivity contribution in [2.45, 2.75) is 6.10 Å². The number of nitro groups is 1. The lowest BCUT2D eigenvalue weighted by atomic mass is 10.2. The number of anilines is 1. The van der Waals surface area contributed by atoms with Crippen LogP contribution in [0, 0.1) is 10.1 Å². The predicted molar refractivity (Wildman–Crippen MR) is 84.0 cm³/mol. The third-order valence-corrected chi connectivity index (χ3v) is 4.57. The molecule has 6 nitrogen and oxygen atoms in total. The van der Waals surface area contributed by atoms with Gasteiger partial charge in [-0.2, -0.15) is 11.3 Å². The van der Waals surface area contributed by atoms with Crippen molar-refractivity contribution < 1.29 is 10.0 Å². The molecule has 3 aromatic rings. The first kappa shape index (κ1) is 13.9. The first-order valence-corrected chi connectivity index (χ1v) is 7.93. The molecule has 1 unspecified atom stereocenters. The standard InChI is InChI=1S/C13H11N3O3S2/c17-10(8-3-4-20-6-8)5-14-9-1-2-11-12(15-7-21-11)13(9)16(18)19/h1-4,6-7,10,14,17H,5H2. The summed E-state index contributed by atoms with van der Waals surface area (Å²) in [6.07, 6.45) is -0.706. The fourth-order valence-corrected chi connectivity index (χ4v) is 3.42. The molecule has 2 aromatic heterocycles. The second-order valence-corrected chi connectivity index (χ2v) is 6.04. The Labute approximate surface area is 127 Å². The topological polar surface area (TPSA) is 88.3 Å². The third-order valence-electron chi connectivity index (χ3n) is 3.07. The first-order chi connectivity index (χ1) is 10.2. The summed E-state index contributed by atoms with van der Waals surface area (Å²) < 4.78 is 0.769. The van der Waals surface area contributed by atoms with Gasteiger partial charge in [0.25, 0.3) is 0 Å². The van der Waals surface area contributed by atoms with Gasteiger partial charge in [-0.05, 0) is 34.5 Å². The van der Waals surface area contributed by atoms with E-state index in [0.29, 0.717) is 11.2 Å². The summed E-state index contributed by atoms with van der Waals surface area (Å²) in [5.74, 6) is 0. The molecule has 0 radical (unpaired) electrons. The van der Waals surface area contributed by atoms with Crippen molar-refractivity contribution in [1.29, 1.82) is 0 Å². The minimum Gasteiger partial charge on any atom is -0.387 e. The van der Waals surface area contributed by atoms with Crippen molar-refractivity contribution in [3.8, 4) is 0 Å². The SMILES string of the molecule is O=[N+]([O-])c1c(NCC(O)c2ccsc2)ccc2scnc12. The Hall–Kier alpha value is -2.03. The summed E-state index contributed by atoms with van der Waals surface area (Å²) in [5.41, 5.74) is 3.07. The van der Waals surface area contributed by atoms with Crippen LogP contribution in [0.5, 0.6) is 0 Å². The number of aliphatic hydroxyl groups is 1. The predicted octanol–water partition coefficient (Wildman–Crippen LogP) is 3.41. The number of fused-ring (bicyclic) bond motifs is 1. The molecule has 0 spiro atoms. The molecule has 0 saturated carbocycles. The highest BCUT2D eigenvalue weighted by molar-refractivity contribution is 7.16. The first-order valence-electron chi connectivity index (χ1n) is 6.11. The Morgan fingerprint density at radius 1 is 1.43 bits per heavy atom. The van der Waals surface area contributed by atoms with Gasteiger partial charge in [-0.3, -0.25) is 10.1 Å². The number of thiazole rings is 1. The minimum absolute atomic E-state index is 0.0498. The number of aliphatic hydroxyl groups excluding tert-OH is 1. The highest BCUT2D eigenvalue weighted by Gasteiger charge is 2.21. The van der Waals surface area contributed by atoms with E-state index in [-0.39, 0.29) is 12.2 Å². The molecule has 1 aromatic carbocycles. The van der Waals surface area contributed by atoms with Crippen LogP contribution in [0.3, 0.4) is 0 Å². The number of thiophene rings is 1. The maximum absolute atomic E-state index is 11.3. The van der Waals surface area contributed by atoms with Gasteiger partial charge in [0.15, 0.2) is 5.52 Å². The molecule has 0 amide bonds. The molecule has 2 heterocycles. The van der Waals surface area contributed by atoms with Gasteiger partial charge in [0.1, 0.15) is 5.69 Å². The summed E-state index contributed by atoms with van der Waals surface area (Å²) in [6.45, 7) is 0.202. The molecule has 0 saturated heterocycles. The van der Waals surface area contributed by atoms with Crippen molar-refractivity contribution in [3.63, 3.8) is 0 Å². The van der Waals surface area contributed by atoms with Gasteiger partial charge < -0.3 is 10.4 Å². The number of nitrogens with zero attached hydrogens (tertiary/aromatic N) is 2. The van der Waals surface area contributed by atoms with Crippen molar-refractivity contribution >= 4 is 44.3 Å². The minimum atomic E-state index is -0.706. The normalized spacial score (nSPS) is 12.4. The van der Waals surface area contributed by atoms with Crippen LogP contribution in [0.15, 0.2) is 34.5 Å². The lowest BCUT2D eigenvalue weighted by Gasteiger charge is -2.12. The molecule has 3 rings (SSSR count). The average molecular weight is 321 g/mol. The van der Waals surface area contributed by atoms with E-state index in [1.54, 1.807) is 17.6 Å². The van der Waals surface area contributed by atoms with E-state index in [1.165, 1.54) is 22.7 Å². The second-order valence-electron chi connectivity index (χ2n) is 4.37. The number of aromatic nitrogens is 1. The lowest BCUT2D eigenvalue weighted by Crippen LogP contribution is -2.12. The van der Waals surface area contributed by atoms with Crippen molar-refractivity contribution in [3.05, 3.63) is 50.1 Å². The lowest BCUT2D eigenvalue weighted by molar-refractivity contribution is -0.382. The average Bonchev–Trinajstić information content (AvgIpc) is 3.14. The summed E-state index contributed by atoms with van der Waals surface area (Å²) in [6, 6.07) is 5.27. The molecule has 0 aliphatic heterocycles. The molecule has 0 bridgehead atoms. The van der Waals surface area contributed by atoms with Crippen LogP contribution in [-0.2, 0) is 0 Å². The monoisotopic (exact) mass is 321 g/mol. The summed E-state index contributed by atoms with van der Waals surface area (Å²) in [4.78, 5) is 14.9. The van der Waals surface area contributed by atoms with E-state index in [9.17, 15) is 15.2 Å². The van der Waals surface area contributed by atoms with Gasteiger partial charge in [0.2, 0.25) is 0 Å². The summed E-state index contributed by atoms with van der Waals surface area (Å²) in [5, 5.41) is 28.0. The van der Waals surface area contributed by atoms with E-state index >= 15 is 0 Å². The molecule has 1 atom stereocenters. The van der Waals surface area contributed by atoms with Gasteiger partial charge in [0, 0.05) is 6.54 Å². The fraction of sp³-hybridized carbons (Fsp3) is 0.154. The zero-order valence-electron chi connectivity index (χ0n) is 10.7. The number of benzene rings is 1. The van der Waals surface area contributed by atoms with Crippen LogP contribution in [0.2, 0.25) is 0 Å². The van der Waals surface area contributed by atoms with Gasteiger partial charge >= 0.3 is 5.69 Å². The number of hydrogen-bond acceptors (Lipinski definition) is 7. The van der Waals surface area contributed by atoms with Crippen LogP contribution in [0.25, 0.3) is 10.2 Å². The summed E-state index contributed by atoms with van der Waals surface area (Å²) in [7, 11) is 0. The number of hydrogen-bond donors (Lipinski definition) is 2. The van der Waals surface area contributed by atoms with Crippen LogP contribution in [-0.4, -0.2) is 21.6 Å². The van der Waals surface area contributed by atoms with Crippen LogP contribution >= 0.6 is 22.7 Å². The zero-order chi connectivity index (χ0) is 14.8. The quantitative estimate of drug-likeness (QED) is 0.555. The van der Waals surface area contributed by atoms with Crippen LogP contribution < -0.4 is 5.32 Å². The molecule has 2 N–H and O–H groups in total. The Balaban J connectivity index is 1.86. The Morgan fingerprint density at radius 2 is 2.29 bits per heavy atom. The van der Waals surface area contributed by atoms with E-state index in [2.05, 4.69) is 10.3 Å². The van der Waals surface area contributed by atoms with Gasteiger partial charge in [-0.25, -0.2) is 4.98 Å².